The SMILES string of the molecule is Brc1ccc(COc2cncc(Br)c2)cc1. The van der Waals surface area contributed by atoms with E-state index in [4.69, 9.17) is 4.74 Å². The van der Waals surface area contributed by atoms with Gasteiger partial charge in [-0.05, 0) is 39.7 Å². The summed E-state index contributed by atoms with van der Waals surface area (Å²) in [5.41, 5.74) is 1.13. The largest absolute Gasteiger partial charge is 0.487 e. The molecular weight excluding hydrogens is 334 g/mol. The maximum atomic E-state index is 5.60. The highest BCUT2D eigenvalue weighted by Gasteiger charge is 1.97. The number of pyridine rings is 1. The lowest BCUT2D eigenvalue weighted by Gasteiger charge is -2.06. The number of aromatic nitrogens is 1. The summed E-state index contributed by atoms with van der Waals surface area (Å²) in [6.45, 7) is 0.547. The van der Waals surface area contributed by atoms with Crippen LogP contribution in [-0.4, -0.2) is 4.98 Å². The van der Waals surface area contributed by atoms with Crippen LogP contribution in [0.25, 0.3) is 0 Å². The van der Waals surface area contributed by atoms with Gasteiger partial charge in [-0.25, -0.2) is 0 Å². The van der Waals surface area contributed by atoms with Gasteiger partial charge < -0.3 is 4.74 Å². The fraction of sp³-hybridized carbons (Fsp3) is 0.0833. The van der Waals surface area contributed by atoms with Gasteiger partial charge in [-0.3, -0.25) is 4.98 Å². The third-order valence-electron chi connectivity index (χ3n) is 2.00. The van der Waals surface area contributed by atoms with E-state index in [2.05, 4.69) is 36.8 Å². The predicted molar refractivity (Wildman–Crippen MR) is 70.4 cm³/mol. The van der Waals surface area contributed by atoms with Crippen molar-refractivity contribution in [2.24, 2.45) is 0 Å². The molecule has 1 aromatic heterocycles. The fourth-order valence-electron chi connectivity index (χ4n) is 1.22. The molecule has 1 heterocycles. The van der Waals surface area contributed by atoms with E-state index in [0.717, 1.165) is 20.3 Å². The van der Waals surface area contributed by atoms with E-state index in [9.17, 15) is 0 Å². The van der Waals surface area contributed by atoms with Gasteiger partial charge in [-0.2, -0.15) is 0 Å². The van der Waals surface area contributed by atoms with Crippen LogP contribution < -0.4 is 4.74 Å². The molecule has 0 atom stereocenters. The van der Waals surface area contributed by atoms with E-state index in [0.29, 0.717) is 6.61 Å². The second-order valence-corrected chi connectivity index (χ2v) is 5.09. The van der Waals surface area contributed by atoms with Crippen LogP contribution in [-0.2, 0) is 6.61 Å². The molecule has 16 heavy (non-hydrogen) atoms. The van der Waals surface area contributed by atoms with Crippen molar-refractivity contribution >= 4 is 31.9 Å². The van der Waals surface area contributed by atoms with Crippen LogP contribution in [0.1, 0.15) is 5.56 Å². The van der Waals surface area contributed by atoms with Crippen LogP contribution >= 0.6 is 31.9 Å². The van der Waals surface area contributed by atoms with E-state index < -0.39 is 0 Å². The molecule has 0 aliphatic rings. The third-order valence-corrected chi connectivity index (χ3v) is 2.96. The number of benzene rings is 1. The Labute approximate surface area is 111 Å². The van der Waals surface area contributed by atoms with Crippen LogP contribution in [0.2, 0.25) is 0 Å². The molecule has 2 aromatic rings. The van der Waals surface area contributed by atoms with E-state index in [-0.39, 0.29) is 0 Å². The monoisotopic (exact) mass is 341 g/mol. The van der Waals surface area contributed by atoms with Gasteiger partial charge in [0.15, 0.2) is 0 Å². The van der Waals surface area contributed by atoms with Gasteiger partial charge in [0.05, 0.1) is 6.20 Å². The zero-order valence-electron chi connectivity index (χ0n) is 8.36. The number of hydrogen-bond acceptors (Lipinski definition) is 2. The first kappa shape index (κ1) is 11.6. The molecule has 0 aliphatic carbocycles. The standard InChI is InChI=1S/C12H9Br2NO/c13-10-3-1-9(2-4-10)8-16-12-5-11(14)6-15-7-12/h1-7H,8H2. The lowest BCUT2D eigenvalue weighted by molar-refractivity contribution is 0.305. The van der Waals surface area contributed by atoms with Crippen molar-refractivity contribution in [1.82, 2.24) is 4.98 Å². The quantitative estimate of drug-likeness (QED) is 0.834. The molecule has 0 saturated heterocycles. The number of ether oxygens (including phenoxy) is 1. The third kappa shape index (κ3) is 3.32. The van der Waals surface area contributed by atoms with Crippen molar-refractivity contribution in [1.29, 1.82) is 0 Å². The van der Waals surface area contributed by atoms with Crippen molar-refractivity contribution in [3.05, 3.63) is 57.2 Å². The second-order valence-electron chi connectivity index (χ2n) is 3.25. The summed E-state index contributed by atoms with van der Waals surface area (Å²) in [6.07, 6.45) is 3.43. The summed E-state index contributed by atoms with van der Waals surface area (Å²) in [4.78, 5) is 4.03. The molecule has 0 unspecified atom stereocenters. The van der Waals surface area contributed by atoms with E-state index >= 15 is 0 Å². The summed E-state index contributed by atoms with van der Waals surface area (Å²) in [5, 5.41) is 0. The van der Waals surface area contributed by atoms with Crippen molar-refractivity contribution in [3.8, 4) is 5.75 Å². The molecule has 82 valence electrons. The molecule has 2 rings (SSSR count). The van der Waals surface area contributed by atoms with E-state index in [1.54, 1.807) is 12.4 Å². The summed E-state index contributed by atoms with van der Waals surface area (Å²) >= 11 is 6.74. The van der Waals surface area contributed by atoms with E-state index in [1.807, 2.05) is 30.3 Å². The Hall–Kier alpha value is -0.870. The number of rotatable bonds is 3. The molecular formula is C12H9Br2NO. The number of halogens is 2. The van der Waals surface area contributed by atoms with Gasteiger partial charge in [-0.1, -0.05) is 28.1 Å². The lowest BCUT2D eigenvalue weighted by atomic mass is 10.2. The van der Waals surface area contributed by atoms with Gasteiger partial charge in [0.25, 0.3) is 0 Å². The Kier molecular flexibility index (Phi) is 3.96. The fourth-order valence-corrected chi connectivity index (χ4v) is 1.83. The van der Waals surface area contributed by atoms with Crippen LogP contribution in [0.3, 0.4) is 0 Å². The maximum absolute atomic E-state index is 5.60. The molecule has 0 spiro atoms. The zero-order valence-corrected chi connectivity index (χ0v) is 11.5. The molecule has 0 fully saturated rings. The molecule has 0 amide bonds. The minimum absolute atomic E-state index is 0.547. The van der Waals surface area contributed by atoms with Gasteiger partial charge >= 0.3 is 0 Å². The number of nitrogens with zero attached hydrogens (tertiary/aromatic N) is 1. The molecule has 0 N–H and O–H groups in total. The van der Waals surface area contributed by atoms with Crippen LogP contribution in [0.4, 0.5) is 0 Å². The molecule has 0 bridgehead atoms. The highest BCUT2D eigenvalue weighted by Crippen LogP contribution is 2.17. The normalized spacial score (nSPS) is 10.1. The first-order valence-electron chi connectivity index (χ1n) is 4.72. The van der Waals surface area contributed by atoms with Crippen molar-refractivity contribution in [2.75, 3.05) is 0 Å². The average molecular weight is 343 g/mol. The molecule has 1 aromatic carbocycles. The minimum atomic E-state index is 0.547. The van der Waals surface area contributed by atoms with Gasteiger partial charge in [-0.15, -0.1) is 0 Å². The Morgan fingerprint density at radius 1 is 1.00 bits per heavy atom. The Morgan fingerprint density at radius 2 is 1.75 bits per heavy atom. The average Bonchev–Trinajstić information content (AvgIpc) is 2.28. The molecule has 0 radical (unpaired) electrons. The van der Waals surface area contributed by atoms with E-state index in [1.165, 1.54) is 0 Å². The first-order valence-corrected chi connectivity index (χ1v) is 6.30. The summed E-state index contributed by atoms with van der Waals surface area (Å²) in [6, 6.07) is 9.94. The Morgan fingerprint density at radius 3 is 2.44 bits per heavy atom. The van der Waals surface area contributed by atoms with Crippen LogP contribution in [0, 0.1) is 0 Å². The minimum Gasteiger partial charge on any atom is -0.487 e. The van der Waals surface area contributed by atoms with Gasteiger partial charge in [0.2, 0.25) is 0 Å². The Bertz CT molecular complexity index is 471. The summed E-state index contributed by atoms with van der Waals surface area (Å²) < 4.78 is 7.59. The summed E-state index contributed by atoms with van der Waals surface area (Å²) in [7, 11) is 0. The molecule has 0 saturated carbocycles. The van der Waals surface area contributed by atoms with Crippen molar-refractivity contribution in [3.63, 3.8) is 0 Å². The molecule has 2 nitrogen and oxygen atoms in total. The van der Waals surface area contributed by atoms with Gasteiger partial charge in [0.1, 0.15) is 12.4 Å². The number of hydrogen-bond donors (Lipinski definition) is 0. The first-order chi connectivity index (χ1) is 7.74. The highest BCUT2D eigenvalue weighted by molar-refractivity contribution is 9.10. The van der Waals surface area contributed by atoms with Crippen LogP contribution in [0.15, 0.2) is 51.7 Å². The second kappa shape index (κ2) is 5.46. The zero-order chi connectivity index (χ0) is 11.4. The molecule has 4 heteroatoms. The van der Waals surface area contributed by atoms with Crippen molar-refractivity contribution in [2.45, 2.75) is 6.61 Å². The van der Waals surface area contributed by atoms with Gasteiger partial charge in [0, 0.05) is 15.1 Å². The lowest BCUT2D eigenvalue weighted by Crippen LogP contribution is -1.95. The predicted octanol–water partition coefficient (Wildman–Crippen LogP) is 4.19. The molecule has 0 aliphatic heterocycles. The maximum Gasteiger partial charge on any atom is 0.139 e. The van der Waals surface area contributed by atoms with Crippen molar-refractivity contribution < 1.29 is 4.74 Å². The highest BCUT2D eigenvalue weighted by atomic mass is 79.9. The van der Waals surface area contributed by atoms with Crippen LogP contribution in [0.5, 0.6) is 5.75 Å². The smallest absolute Gasteiger partial charge is 0.139 e. The summed E-state index contributed by atoms with van der Waals surface area (Å²) in [5.74, 6) is 0.761. The Balaban J connectivity index is 1.99. The topological polar surface area (TPSA) is 22.1 Å².